The van der Waals surface area contributed by atoms with Gasteiger partial charge in [0.1, 0.15) is 0 Å². The summed E-state index contributed by atoms with van der Waals surface area (Å²) in [7, 11) is -2.00. The molecule has 48 heavy (non-hydrogen) atoms. The Morgan fingerprint density at radius 1 is 0.521 bits per heavy atom. The molecule has 0 aliphatic carbocycles. The van der Waals surface area contributed by atoms with Gasteiger partial charge in [-0.1, -0.05) is 127 Å². The standard InChI is InChI=1S/C44H50Si.2CH3.Hf/c1-11-45(12-2,35-25-31-15-13-17-39(41(31)27-35)37-21-19-33(23-29(37)3)43(5,6)7)36-26-32-16-14-18-40(42(32)28-36)38-22-20-34(24-30(38)4)44(8,9)10;;;/h13-28H,11-12H2,1-10H3;2*1H3;/q-2;2*-1;+4. The SMILES string of the molecule is CC[Si](CC)(c1cc2c(-c3ccc(C(C)(C)C)cc3C)cccc2[cH-]1)c1cc2c(-c3ccc(C(C)(C)C)cc3C)cccc2[cH-]1.[CH3-].[CH3-].[Hf+4]. The fourth-order valence-corrected chi connectivity index (χ4v) is 11.8. The van der Waals surface area contributed by atoms with Crippen molar-refractivity contribution >= 4 is 40.0 Å². The Balaban J connectivity index is 0.00000208. The van der Waals surface area contributed by atoms with Crippen molar-refractivity contribution < 1.29 is 25.8 Å². The molecule has 6 aromatic rings. The Hall–Kier alpha value is -2.81. The third kappa shape index (κ3) is 6.95. The zero-order chi connectivity index (χ0) is 32.3. The molecule has 248 valence electrons. The van der Waals surface area contributed by atoms with Crippen LogP contribution in [0.1, 0.15) is 77.6 Å². The van der Waals surface area contributed by atoms with Crippen LogP contribution < -0.4 is 10.4 Å². The van der Waals surface area contributed by atoms with Gasteiger partial charge in [0, 0.05) is 0 Å². The van der Waals surface area contributed by atoms with E-state index < -0.39 is 8.07 Å². The number of rotatable bonds is 6. The fraction of sp³-hybridized carbons (Fsp3) is 0.304. The molecular formula is C46H56HfSi. The molecule has 0 aromatic heterocycles. The molecule has 0 spiro atoms. The van der Waals surface area contributed by atoms with Crippen LogP contribution in [0.4, 0.5) is 0 Å². The summed E-state index contributed by atoms with van der Waals surface area (Å²) in [6.07, 6.45) is 0. The summed E-state index contributed by atoms with van der Waals surface area (Å²) in [4.78, 5) is 0. The summed E-state index contributed by atoms with van der Waals surface area (Å²) in [5.74, 6) is 0. The van der Waals surface area contributed by atoms with Crippen molar-refractivity contribution in [3.8, 4) is 22.3 Å². The van der Waals surface area contributed by atoms with E-state index in [1.54, 1.807) is 10.4 Å². The maximum absolute atomic E-state index is 2.56. The largest absolute Gasteiger partial charge is 4.00 e. The van der Waals surface area contributed by atoms with Crippen molar-refractivity contribution in [2.75, 3.05) is 0 Å². The Labute approximate surface area is 312 Å². The van der Waals surface area contributed by atoms with Crippen LogP contribution >= 0.6 is 0 Å². The minimum Gasteiger partial charge on any atom is -0.358 e. The van der Waals surface area contributed by atoms with E-state index in [1.807, 2.05) is 0 Å². The average molecular weight is 816 g/mol. The summed E-state index contributed by atoms with van der Waals surface area (Å²) in [5, 5.41) is 8.66. The molecule has 0 saturated heterocycles. The van der Waals surface area contributed by atoms with Gasteiger partial charge in [0.2, 0.25) is 0 Å². The van der Waals surface area contributed by atoms with Gasteiger partial charge in [-0.25, -0.2) is 0 Å². The summed E-state index contributed by atoms with van der Waals surface area (Å²) >= 11 is 0. The monoisotopic (exact) mass is 816 g/mol. The molecule has 2 heteroatoms. The molecular weight excluding hydrogens is 759 g/mol. The van der Waals surface area contributed by atoms with E-state index in [0.717, 1.165) is 0 Å². The number of benzene rings is 4. The van der Waals surface area contributed by atoms with Crippen molar-refractivity contribution in [1.29, 1.82) is 0 Å². The summed E-state index contributed by atoms with van der Waals surface area (Å²) in [6, 6.07) is 40.5. The van der Waals surface area contributed by atoms with Crippen molar-refractivity contribution in [3.63, 3.8) is 0 Å². The predicted octanol–water partition coefficient (Wildman–Crippen LogP) is 12.5. The topological polar surface area (TPSA) is 0 Å². The molecule has 0 N–H and O–H groups in total. The molecule has 0 unspecified atom stereocenters. The maximum atomic E-state index is 2.56. The van der Waals surface area contributed by atoms with Gasteiger partial charge in [-0.2, -0.15) is 12.1 Å². The number of aryl methyl sites for hydroxylation is 2. The summed E-state index contributed by atoms with van der Waals surface area (Å²) < 4.78 is 0. The van der Waals surface area contributed by atoms with Crippen molar-refractivity contribution in [1.82, 2.24) is 0 Å². The third-order valence-electron chi connectivity index (χ3n) is 10.6. The van der Waals surface area contributed by atoms with Crippen LogP contribution in [0.25, 0.3) is 43.8 Å². The zero-order valence-corrected chi connectivity index (χ0v) is 36.2. The number of hydrogen-bond donors (Lipinski definition) is 0. The van der Waals surface area contributed by atoms with E-state index in [4.69, 9.17) is 0 Å². The van der Waals surface area contributed by atoms with Gasteiger partial charge in [0.05, 0.1) is 8.07 Å². The average Bonchev–Trinajstić information content (AvgIpc) is 3.63. The second kappa shape index (κ2) is 14.6. The normalized spacial score (nSPS) is 12.0. The Morgan fingerprint density at radius 2 is 0.896 bits per heavy atom. The van der Waals surface area contributed by atoms with Gasteiger partial charge in [-0.3, -0.25) is 0 Å². The van der Waals surface area contributed by atoms with Crippen LogP contribution in [-0.2, 0) is 36.7 Å². The fourth-order valence-electron chi connectivity index (χ4n) is 7.59. The minimum absolute atomic E-state index is 0. The van der Waals surface area contributed by atoms with Gasteiger partial charge in [0.25, 0.3) is 0 Å². The van der Waals surface area contributed by atoms with Crippen molar-refractivity contribution in [2.45, 2.75) is 92.2 Å². The molecule has 0 heterocycles. The first-order valence-electron chi connectivity index (χ1n) is 16.9. The summed E-state index contributed by atoms with van der Waals surface area (Å²) in [6.45, 7) is 23.2. The second-order valence-corrected chi connectivity index (χ2v) is 20.2. The first-order chi connectivity index (χ1) is 21.3. The third-order valence-corrected chi connectivity index (χ3v) is 15.8. The van der Waals surface area contributed by atoms with Crippen LogP contribution in [0, 0.1) is 28.7 Å². The van der Waals surface area contributed by atoms with Gasteiger partial charge >= 0.3 is 25.8 Å². The van der Waals surface area contributed by atoms with E-state index in [0.29, 0.717) is 0 Å². The molecule has 0 atom stereocenters. The molecule has 0 saturated carbocycles. The quantitative estimate of drug-likeness (QED) is 0.116. The molecule has 0 bridgehead atoms. The zero-order valence-electron chi connectivity index (χ0n) is 31.7. The van der Waals surface area contributed by atoms with E-state index in [1.165, 1.54) is 78.1 Å². The summed E-state index contributed by atoms with van der Waals surface area (Å²) in [5.41, 5.74) is 11.2. The van der Waals surface area contributed by atoms with E-state index in [9.17, 15) is 0 Å². The van der Waals surface area contributed by atoms with Crippen LogP contribution in [0.5, 0.6) is 0 Å². The second-order valence-electron chi connectivity index (χ2n) is 15.5. The van der Waals surface area contributed by atoms with Gasteiger partial charge in [-0.05, 0) is 58.1 Å². The Morgan fingerprint density at radius 3 is 1.21 bits per heavy atom. The molecule has 0 radical (unpaired) electrons. The first-order valence-corrected chi connectivity index (χ1v) is 19.3. The molecule has 0 fully saturated rings. The van der Waals surface area contributed by atoms with Gasteiger partial charge < -0.3 is 14.9 Å². The smallest absolute Gasteiger partial charge is 0.358 e. The predicted molar refractivity (Wildman–Crippen MR) is 216 cm³/mol. The van der Waals surface area contributed by atoms with Gasteiger partial charge in [-0.15, -0.1) is 68.3 Å². The Bertz CT molecular complexity index is 1870. The van der Waals surface area contributed by atoms with Crippen molar-refractivity contribution in [3.05, 3.63) is 134 Å². The maximum Gasteiger partial charge on any atom is 4.00 e. The van der Waals surface area contributed by atoms with E-state index in [-0.39, 0.29) is 51.5 Å². The molecule has 0 nitrogen and oxygen atoms in total. The molecule has 6 rings (SSSR count). The van der Waals surface area contributed by atoms with Crippen molar-refractivity contribution in [2.24, 2.45) is 0 Å². The van der Waals surface area contributed by atoms with Crippen LogP contribution in [0.3, 0.4) is 0 Å². The van der Waals surface area contributed by atoms with Crippen LogP contribution in [0.15, 0.2) is 97.1 Å². The number of hydrogen-bond acceptors (Lipinski definition) is 0. The van der Waals surface area contributed by atoms with Crippen LogP contribution in [0.2, 0.25) is 12.1 Å². The molecule has 0 amide bonds. The molecule has 0 aliphatic heterocycles. The van der Waals surface area contributed by atoms with Gasteiger partial charge in [0.15, 0.2) is 0 Å². The number of fused-ring (bicyclic) bond motifs is 2. The molecule has 0 aliphatic rings. The van der Waals surface area contributed by atoms with E-state index in [2.05, 4.69) is 166 Å². The first kappa shape index (κ1) is 39.6. The Kier molecular flexibility index (Phi) is 12.0. The molecule has 6 aromatic carbocycles. The van der Waals surface area contributed by atoms with E-state index >= 15 is 0 Å². The van der Waals surface area contributed by atoms with Crippen LogP contribution in [-0.4, -0.2) is 8.07 Å². The minimum atomic E-state index is -2.00.